The van der Waals surface area contributed by atoms with Gasteiger partial charge >= 0.3 is 0 Å². The molecule has 0 spiro atoms. The van der Waals surface area contributed by atoms with Gasteiger partial charge in [-0.15, -0.1) is 0 Å². The number of imidazole rings is 1. The van der Waals surface area contributed by atoms with E-state index >= 15 is 0 Å². The van der Waals surface area contributed by atoms with Crippen LogP contribution in [-0.4, -0.2) is 53.3 Å². The van der Waals surface area contributed by atoms with Crippen LogP contribution in [0.3, 0.4) is 0 Å². The SMILES string of the molecule is CN(C)CCn1c(C2CCOC2)nc2cccnc21. The molecule has 1 unspecified atom stereocenters. The molecule has 2 aromatic rings. The number of pyridine rings is 1. The number of ether oxygens (including phenoxy) is 1. The fraction of sp³-hybridized carbons (Fsp3) is 0.571. The third-order valence-corrected chi connectivity index (χ3v) is 3.60. The Bertz CT molecular complexity index is 558. The highest BCUT2D eigenvalue weighted by Crippen LogP contribution is 2.27. The van der Waals surface area contributed by atoms with E-state index in [1.54, 1.807) is 0 Å². The van der Waals surface area contributed by atoms with Crippen LogP contribution in [0.4, 0.5) is 0 Å². The molecule has 2 aromatic heterocycles. The average Bonchev–Trinajstić information content (AvgIpc) is 3.03. The molecule has 1 atom stereocenters. The molecule has 3 rings (SSSR count). The molecule has 0 N–H and O–H groups in total. The maximum absolute atomic E-state index is 5.50. The van der Waals surface area contributed by atoms with Gasteiger partial charge in [0.1, 0.15) is 11.3 Å². The maximum Gasteiger partial charge on any atom is 0.160 e. The summed E-state index contributed by atoms with van der Waals surface area (Å²) in [5.74, 6) is 1.55. The van der Waals surface area contributed by atoms with Gasteiger partial charge in [-0.25, -0.2) is 9.97 Å². The quantitative estimate of drug-likeness (QED) is 0.835. The maximum atomic E-state index is 5.50. The Labute approximate surface area is 113 Å². The Hall–Kier alpha value is -1.46. The van der Waals surface area contributed by atoms with Gasteiger partial charge < -0.3 is 14.2 Å². The topological polar surface area (TPSA) is 43.2 Å². The van der Waals surface area contributed by atoms with Gasteiger partial charge in [0.2, 0.25) is 0 Å². The smallest absolute Gasteiger partial charge is 0.160 e. The Morgan fingerprint density at radius 3 is 3.11 bits per heavy atom. The van der Waals surface area contributed by atoms with Crippen LogP contribution in [0, 0.1) is 0 Å². The van der Waals surface area contributed by atoms with Gasteiger partial charge in [0.05, 0.1) is 6.61 Å². The first-order valence-corrected chi connectivity index (χ1v) is 6.79. The monoisotopic (exact) mass is 260 g/mol. The molecule has 0 amide bonds. The molecule has 5 heteroatoms. The molecule has 0 aliphatic carbocycles. The minimum absolute atomic E-state index is 0.413. The fourth-order valence-corrected chi connectivity index (χ4v) is 2.55. The molecule has 1 aliphatic heterocycles. The Morgan fingerprint density at radius 1 is 1.47 bits per heavy atom. The van der Waals surface area contributed by atoms with Gasteiger partial charge in [-0.3, -0.25) is 0 Å². The summed E-state index contributed by atoms with van der Waals surface area (Å²) < 4.78 is 7.76. The lowest BCUT2D eigenvalue weighted by Crippen LogP contribution is -2.20. The van der Waals surface area contributed by atoms with Crippen molar-refractivity contribution in [2.45, 2.75) is 18.9 Å². The second kappa shape index (κ2) is 5.27. The summed E-state index contributed by atoms with van der Waals surface area (Å²) in [7, 11) is 4.18. The summed E-state index contributed by atoms with van der Waals surface area (Å²) in [6.07, 6.45) is 2.90. The van der Waals surface area contributed by atoms with E-state index in [9.17, 15) is 0 Å². The summed E-state index contributed by atoms with van der Waals surface area (Å²) in [5.41, 5.74) is 1.98. The summed E-state index contributed by atoms with van der Waals surface area (Å²) in [6.45, 7) is 3.54. The molecule has 0 saturated carbocycles. The third-order valence-electron chi connectivity index (χ3n) is 3.60. The lowest BCUT2D eigenvalue weighted by atomic mass is 10.1. The van der Waals surface area contributed by atoms with Gasteiger partial charge in [0, 0.05) is 31.8 Å². The number of rotatable bonds is 4. The largest absolute Gasteiger partial charge is 0.381 e. The highest BCUT2D eigenvalue weighted by molar-refractivity contribution is 5.71. The van der Waals surface area contributed by atoms with Crippen molar-refractivity contribution in [3.05, 3.63) is 24.2 Å². The van der Waals surface area contributed by atoms with Crippen molar-refractivity contribution in [3.63, 3.8) is 0 Å². The molecule has 0 bridgehead atoms. The zero-order valence-corrected chi connectivity index (χ0v) is 11.5. The number of likely N-dealkylation sites (N-methyl/N-ethyl adjacent to an activating group) is 1. The Balaban J connectivity index is 2.00. The van der Waals surface area contributed by atoms with E-state index in [2.05, 4.69) is 28.5 Å². The number of nitrogens with zero attached hydrogens (tertiary/aromatic N) is 4. The highest BCUT2D eigenvalue weighted by Gasteiger charge is 2.24. The van der Waals surface area contributed by atoms with Crippen LogP contribution in [-0.2, 0) is 11.3 Å². The molecule has 1 aliphatic rings. The normalized spacial score (nSPS) is 19.6. The lowest BCUT2D eigenvalue weighted by molar-refractivity contribution is 0.192. The fourth-order valence-electron chi connectivity index (χ4n) is 2.55. The van der Waals surface area contributed by atoms with Crippen LogP contribution >= 0.6 is 0 Å². The zero-order chi connectivity index (χ0) is 13.2. The van der Waals surface area contributed by atoms with Gasteiger partial charge in [-0.1, -0.05) is 0 Å². The van der Waals surface area contributed by atoms with Crippen LogP contribution < -0.4 is 0 Å². The number of fused-ring (bicyclic) bond motifs is 1. The Morgan fingerprint density at radius 2 is 2.37 bits per heavy atom. The van der Waals surface area contributed by atoms with Crippen molar-refractivity contribution in [1.82, 2.24) is 19.4 Å². The first-order chi connectivity index (χ1) is 9.25. The van der Waals surface area contributed by atoms with E-state index in [0.717, 1.165) is 49.7 Å². The van der Waals surface area contributed by atoms with Gasteiger partial charge in [-0.2, -0.15) is 0 Å². The van der Waals surface area contributed by atoms with E-state index in [-0.39, 0.29) is 0 Å². The number of hydrogen-bond acceptors (Lipinski definition) is 4. The van der Waals surface area contributed by atoms with Crippen LogP contribution in [0.15, 0.2) is 18.3 Å². The molecule has 1 fully saturated rings. The number of hydrogen-bond donors (Lipinski definition) is 0. The van der Waals surface area contributed by atoms with Crippen molar-refractivity contribution < 1.29 is 4.74 Å². The van der Waals surface area contributed by atoms with Gasteiger partial charge in [-0.05, 0) is 32.6 Å². The second-order valence-electron chi connectivity index (χ2n) is 5.33. The van der Waals surface area contributed by atoms with Gasteiger partial charge in [0.15, 0.2) is 5.65 Å². The molecule has 102 valence electrons. The first kappa shape index (κ1) is 12.6. The molecular weight excluding hydrogens is 240 g/mol. The second-order valence-corrected chi connectivity index (χ2v) is 5.33. The van der Waals surface area contributed by atoms with Crippen molar-refractivity contribution >= 4 is 11.2 Å². The van der Waals surface area contributed by atoms with E-state index in [1.165, 1.54) is 0 Å². The van der Waals surface area contributed by atoms with Crippen LogP contribution in [0.1, 0.15) is 18.2 Å². The minimum atomic E-state index is 0.413. The predicted octanol–water partition coefficient (Wildman–Crippen LogP) is 1.50. The molecule has 0 aromatic carbocycles. The van der Waals surface area contributed by atoms with Crippen LogP contribution in [0.2, 0.25) is 0 Å². The van der Waals surface area contributed by atoms with Crippen LogP contribution in [0.5, 0.6) is 0 Å². The van der Waals surface area contributed by atoms with E-state index in [0.29, 0.717) is 5.92 Å². The molecular formula is C14H20N4O. The van der Waals surface area contributed by atoms with E-state index < -0.39 is 0 Å². The van der Waals surface area contributed by atoms with Crippen molar-refractivity contribution in [2.75, 3.05) is 33.9 Å². The van der Waals surface area contributed by atoms with Crippen molar-refractivity contribution in [2.24, 2.45) is 0 Å². The first-order valence-electron chi connectivity index (χ1n) is 6.79. The van der Waals surface area contributed by atoms with Crippen molar-refractivity contribution in [3.8, 4) is 0 Å². The number of aromatic nitrogens is 3. The molecule has 3 heterocycles. The van der Waals surface area contributed by atoms with E-state index in [1.807, 2.05) is 18.3 Å². The average molecular weight is 260 g/mol. The molecule has 5 nitrogen and oxygen atoms in total. The highest BCUT2D eigenvalue weighted by atomic mass is 16.5. The molecule has 0 radical (unpaired) electrons. The Kier molecular flexibility index (Phi) is 3.48. The summed E-state index contributed by atoms with van der Waals surface area (Å²) in [4.78, 5) is 11.5. The molecule has 19 heavy (non-hydrogen) atoms. The predicted molar refractivity (Wildman–Crippen MR) is 74.3 cm³/mol. The standard InChI is InChI=1S/C14H20N4O/c1-17(2)7-8-18-13(11-5-9-19-10-11)16-12-4-3-6-15-14(12)18/h3-4,6,11H,5,7-10H2,1-2H3. The van der Waals surface area contributed by atoms with Crippen LogP contribution in [0.25, 0.3) is 11.2 Å². The summed E-state index contributed by atoms with van der Waals surface area (Å²) in [6, 6.07) is 3.98. The summed E-state index contributed by atoms with van der Waals surface area (Å²) >= 11 is 0. The van der Waals surface area contributed by atoms with Crippen molar-refractivity contribution in [1.29, 1.82) is 0 Å². The third kappa shape index (κ3) is 2.48. The van der Waals surface area contributed by atoms with Gasteiger partial charge in [0.25, 0.3) is 0 Å². The van der Waals surface area contributed by atoms with E-state index in [4.69, 9.17) is 9.72 Å². The molecule has 1 saturated heterocycles. The summed E-state index contributed by atoms with van der Waals surface area (Å²) in [5, 5.41) is 0. The minimum Gasteiger partial charge on any atom is -0.381 e. The zero-order valence-electron chi connectivity index (χ0n) is 11.5. The lowest BCUT2D eigenvalue weighted by Gasteiger charge is -2.15.